The van der Waals surface area contributed by atoms with Crippen LogP contribution in [0, 0.1) is 13.8 Å². The maximum atomic E-state index is 13.0. The summed E-state index contributed by atoms with van der Waals surface area (Å²) >= 11 is 0. The second kappa shape index (κ2) is 7.60. The minimum absolute atomic E-state index is 0.0495. The van der Waals surface area contributed by atoms with Crippen LogP contribution < -0.4 is 4.74 Å². The molecule has 1 aliphatic carbocycles. The van der Waals surface area contributed by atoms with Crippen molar-refractivity contribution in [2.75, 3.05) is 6.61 Å². The predicted molar refractivity (Wildman–Crippen MR) is 98.4 cm³/mol. The number of benzene rings is 2. The number of rotatable bonds is 7. The first-order chi connectivity index (χ1) is 12.4. The van der Waals surface area contributed by atoms with Gasteiger partial charge in [-0.25, -0.2) is 4.79 Å². The van der Waals surface area contributed by atoms with Crippen LogP contribution in [0.1, 0.15) is 39.9 Å². The lowest BCUT2D eigenvalue weighted by Crippen LogP contribution is -2.32. The zero-order valence-electron chi connectivity index (χ0n) is 15.1. The van der Waals surface area contributed by atoms with Crippen molar-refractivity contribution in [1.82, 2.24) is 4.90 Å². The van der Waals surface area contributed by atoms with Gasteiger partial charge in [0, 0.05) is 18.2 Å². The Labute approximate surface area is 153 Å². The van der Waals surface area contributed by atoms with E-state index in [0.717, 1.165) is 18.4 Å². The van der Waals surface area contributed by atoms with Gasteiger partial charge in [0.05, 0.1) is 0 Å². The molecule has 0 aromatic heterocycles. The molecule has 5 nitrogen and oxygen atoms in total. The normalized spacial score (nSPS) is 13.3. The summed E-state index contributed by atoms with van der Waals surface area (Å²) in [6.45, 7) is 4.30. The molecule has 0 heterocycles. The molecule has 0 bridgehead atoms. The van der Waals surface area contributed by atoms with Gasteiger partial charge in [0.2, 0.25) is 0 Å². The third kappa shape index (κ3) is 4.42. The van der Waals surface area contributed by atoms with Crippen LogP contribution in [0.2, 0.25) is 0 Å². The van der Waals surface area contributed by atoms with Gasteiger partial charge >= 0.3 is 5.97 Å². The summed E-state index contributed by atoms with van der Waals surface area (Å²) in [4.78, 5) is 25.6. The van der Waals surface area contributed by atoms with Crippen LogP contribution in [0.25, 0.3) is 0 Å². The number of carboxylic acid groups (broad SMARTS) is 1. The molecule has 26 heavy (non-hydrogen) atoms. The van der Waals surface area contributed by atoms with Gasteiger partial charge in [-0.1, -0.05) is 24.3 Å². The number of hydrogen-bond donors (Lipinski definition) is 1. The lowest BCUT2D eigenvalue weighted by Gasteiger charge is -2.23. The molecular weight excluding hydrogens is 330 g/mol. The Hall–Kier alpha value is -2.82. The Morgan fingerprint density at radius 1 is 1.12 bits per heavy atom. The molecule has 136 valence electrons. The summed E-state index contributed by atoms with van der Waals surface area (Å²) in [5.41, 5.74) is 4.09. The maximum absolute atomic E-state index is 13.0. The number of carbonyl (C=O) groups excluding carboxylic acids is 1. The quantitative estimate of drug-likeness (QED) is 0.826. The average molecular weight is 353 g/mol. The molecule has 0 spiro atoms. The second-order valence-corrected chi connectivity index (χ2v) is 6.79. The third-order valence-electron chi connectivity index (χ3n) is 4.62. The summed E-state index contributed by atoms with van der Waals surface area (Å²) < 4.78 is 5.19. The predicted octanol–water partition coefficient (Wildman–Crippen LogP) is 3.57. The lowest BCUT2D eigenvalue weighted by molar-refractivity contribution is -0.139. The van der Waals surface area contributed by atoms with Gasteiger partial charge in [-0.2, -0.15) is 0 Å². The van der Waals surface area contributed by atoms with Gasteiger partial charge < -0.3 is 14.7 Å². The van der Waals surface area contributed by atoms with Crippen LogP contribution in [-0.4, -0.2) is 34.5 Å². The highest BCUT2D eigenvalue weighted by Crippen LogP contribution is 2.30. The van der Waals surface area contributed by atoms with Crippen molar-refractivity contribution in [3.63, 3.8) is 0 Å². The summed E-state index contributed by atoms with van der Waals surface area (Å²) in [6.07, 6.45) is 2.04. The zero-order valence-corrected chi connectivity index (χ0v) is 15.1. The Bertz CT molecular complexity index is 827. The molecule has 1 aliphatic rings. The van der Waals surface area contributed by atoms with Crippen LogP contribution in [0.5, 0.6) is 5.75 Å². The van der Waals surface area contributed by atoms with E-state index in [9.17, 15) is 9.59 Å². The molecule has 5 heteroatoms. The Balaban J connectivity index is 1.77. The van der Waals surface area contributed by atoms with E-state index < -0.39 is 12.6 Å². The number of nitrogens with zero attached hydrogens (tertiary/aromatic N) is 1. The number of carboxylic acids is 1. The molecule has 0 saturated heterocycles. The van der Waals surface area contributed by atoms with Crippen molar-refractivity contribution in [1.29, 1.82) is 0 Å². The van der Waals surface area contributed by atoms with Crippen LogP contribution in [0.15, 0.2) is 42.5 Å². The molecule has 0 atom stereocenters. The molecule has 1 fully saturated rings. The smallest absolute Gasteiger partial charge is 0.341 e. The summed E-state index contributed by atoms with van der Waals surface area (Å²) in [7, 11) is 0. The average Bonchev–Trinajstić information content (AvgIpc) is 3.45. The lowest BCUT2D eigenvalue weighted by atomic mass is 10.1. The van der Waals surface area contributed by atoms with E-state index in [-0.39, 0.29) is 11.9 Å². The molecule has 1 amide bonds. The minimum Gasteiger partial charge on any atom is -0.482 e. The number of hydrogen-bond acceptors (Lipinski definition) is 3. The third-order valence-corrected chi connectivity index (χ3v) is 4.62. The van der Waals surface area contributed by atoms with Crippen molar-refractivity contribution in [2.45, 2.75) is 39.3 Å². The largest absolute Gasteiger partial charge is 0.482 e. The molecule has 1 saturated carbocycles. The van der Waals surface area contributed by atoms with Gasteiger partial charge in [-0.05, 0) is 61.6 Å². The van der Waals surface area contributed by atoms with Gasteiger partial charge in [0.15, 0.2) is 6.61 Å². The number of aryl methyl sites for hydroxylation is 2. The highest BCUT2D eigenvalue weighted by molar-refractivity contribution is 5.95. The first-order valence-corrected chi connectivity index (χ1v) is 8.76. The molecule has 2 aromatic rings. The van der Waals surface area contributed by atoms with Gasteiger partial charge in [0.1, 0.15) is 5.75 Å². The molecule has 0 aliphatic heterocycles. The fourth-order valence-electron chi connectivity index (χ4n) is 2.88. The fraction of sp³-hybridized carbons (Fsp3) is 0.333. The summed E-state index contributed by atoms with van der Waals surface area (Å²) in [5, 5.41) is 8.73. The van der Waals surface area contributed by atoms with Gasteiger partial charge in [-0.15, -0.1) is 0 Å². The van der Waals surface area contributed by atoms with E-state index in [1.165, 1.54) is 11.1 Å². The monoisotopic (exact) mass is 353 g/mol. The first kappa shape index (κ1) is 18.0. The SMILES string of the molecule is Cc1ccc(CN(C(=O)c2cccc(OCC(=O)O)c2)C2CC2)cc1C. The second-order valence-electron chi connectivity index (χ2n) is 6.79. The van der Waals surface area contributed by atoms with Crippen molar-refractivity contribution in [3.8, 4) is 5.75 Å². The van der Waals surface area contributed by atoms with E-state index in [1.54, 1.807) is 24.3 Å². The number of ether oxygens (including phenoxy) is 1. The Morgan fingerprint density at radius 3 is 2.54 bits per heavy atom. The Kier molecular flexibility index (Phi) is 5.26. The number of amides is 1. The Morgan fingerprint density at radius 2 is 1.88 bits per heavy atom. The van der Waals surface area contributed by atoms with Crippen molar-refractivity contribution >= 4 is 11.9 Å². The van der Waals surface area contributed by atoms with Crippen LogP contribution in [0.3, 0.4) is 0 Å². The molecular formula is C21H23NO4. The summed E-state index contributed by atoms with van der Waals surface area (Å²) in [6, 6.07) is 13.3. The van der Waals surface area contributed by atoms with Crippen LogP contribution >= 0.6 is 0 Å². The van der Waals surface area contributed by atoms with Gasteiger partial charge in [-0.3, -0.25) is 4.79 Å². The van der Waals surface area contributed by atoms with E-state index in [4.69, 9.17) is 9.84 Å². The van der Waals surface area contributed by atoms with Crippen molar-refractivity contribution in [3.05, 3.63) is 64.7 Å². The highest BCUT2D eigenvalue weighted by Gasteiger charge is 2.33. The molecule has 1 N–H and O–H groups in total. The number of carbonyl (C=O) groups is 2. The highest BCUT2D eigenvalue weighted by atomic mass is 16.5. The molecule has 0 radical (unpaired) electrons. The maximum Gasteiger partial charge on any atom is 0.341 e. The molecule has 3 rings (SSSR count). The molecule has 0 unspecified atom stereocenters. The number of aliphatic carboxylic acids is 1. The van der Waals surface area contributed by atoms with E-state index in [0.29, 0.717) is 17.9 Å². The van der Waals surface area contributed by atoms with Crippen LogP contribution in [0.4, 0.5) is 0 Å². The standard InChI is InChI=1S/C21H23NO4/c1-14-6-7-16(10-15(14)2)12-22(18-8-9-18)21(25)17-4-3-5-19(11-17)26-13-20(23)24/h3-7,10-11,18H,8-9,12-13H2,1-2H3,(H,23,24). The van der Waals surface area contributed by atoms with E-state index >= 15 is 0 Å². The molecule has 2 aromatic carbocycles. The topological polar surface area (TPSA) is 66.8 Å². The fourth-order valence-corrected chi connectivity index (χ4v) is 2.88. The van der Waals surface area contributed by atoms with E-state index in [1.807, 2.05) is 4.90 Å². The zero-order chi connectivity index (χ0) is 18.7. The van der Waals surface area contributed by atoms with Crippen molar-refractivity contribution < 1.29 is 19.4 Å². The first-order valence-electron chi connectivity index (χ1n) is 8.76. The van der Waals surface area contributed by atoms with E-state index in [2.05, 4.69) is 32.0 Å². The van der Waals surface area contributed by atoms with Gasteiger partial charge in [0.25, 0.3) is 5.91 Å². The minimum atomic E-state index is -1.05. The van der Waals surface area contributed by atoms with Crippen molar-refractivity contribution in [2.24, 2.45) is 0 Å². The van der Waals surface area contributed by atoms with Crippen LogP contribution in [-0.2, 0) is 11.3 Å². The summed E-state index contributed by atoms with van der Waals surface area (Å²) in [5.74, 6) is -0.706.